The molecule has 0 spiro atoms. The minimum Gasteiger partial charge on any atom is -0.298 e. The summed E-state index contributed by atoms with van der Waals surface area (Å²) in [7, 11) is 0. The minimum absolute atomic E-state index is 0.0692. The fourth-order valence-corrected chi connectivity index (χ4v) is 4.73. The molecule has 0 aliphatic carbocycles. The van der Waals surface area contributed by atoms with Gasteiger partial charge < -0.3 is 0 Å². The molecule has 0 saturated heterocycles. The van der Waals surface area contributed by atoms with E-state index in [4.69, 9.17) is 0 Å². The Morgan fingerprint density at radius 2 is 1.87 bits per heavy atom. The van der Waals surface area contributed by atoms with Crippen LogP contribution in [0.25, 0.3) is 16.7 Å². The number of hydrogen-bond acceptors (Lipinski definition) is 5. The molecule has 1 atom stereocenters. The van der Waals surface area contributed by atoms with Gasteiger partial charge in [-0.25, -0.2) is 4.39 Å². The summed E-state index contributed by atoms with van der Waals surface area (Å²) in [5.74, 6) is 0.968. The van der Waals surface area contributed by atoms with Crippen LogP contribution in [0.5, 0.6) is 0 Å². The highest BCUT2D eigenvalue weighted by molar-refractivity contribution is 7.10. The lowest BCUT2D eigenvalue weighted by Gasteiger charge is -2.18. The number of nitrogens with one attached hydrogen (secondary N) is 1. The lowest BCUT2D eigenvalue weighted by molar-refractivity contribution is 0.586. The smallest absolute Gasteiger partial charge is 0.262 e. The Labute approximate surface area is 181 Å². The van der Waals surface area contributed by atoms with E-state index in [9.17, 15) is 9.18 Å². The topological polar surface area (TPSA) is 64.2 Å². The number of aryl methyl sites for hydroxylation is 1. The summed E-state index contributed by atoms with van der Waals surface area (Å²) in [6.07, 6.45) is 0. The van der Waals surface area contributed by atoms with Crippen molar-refractivity contribution in [1.82, 2.24) is 24.5 Å². The highest BCUT2D eigenvalue weighted by atomic mass is 32.1. The van der Waals surface area contributed by atoms with Gasteiger partial charge in [-0.3, -0.25) is 19.1 Å². The van der Waals surface area contributed by atoms with Crippen LogP contribution in [-0.4, -0.2) is 19.2 Å². The molecule has 6 nitrogen and oxygen atoms in total. The van der Waals surface area contributed by atoms with E-state index in [2.05, 4.69) is 21.6 Å². The molecule has 0 saturated carbocycles. The lowest BCUT2D eigenvalue weighted by atomic mass is 10.1. The first kappa shape index (κ1) is 19.6. The predicted octanol–water partition coefficient (Wildman–Crippen LogP) is 4.14. The first-order valence-corrected chi connectivity index (χ1v) is 10.9. The van der Waals surface area contributed by atoms with Crippen molar-refractivity contribution in [1.29, 1.82) is 0 Å². The largest absolute Gasteiger partial charge is 0.298 e. The maximum absolute atomic E-state index is 13.5. The standard InChI is InChI=1S/C23H20FN5OS/c1-2-28-22(30)17-6-3-4-7-18(17)29-20(26-27-23(28)29)14-25-21(19-8-5-13-31-19)15-9-11-16(24)12-10-15/h3-13,21,25H,2,14H2,1H3. The van der Waals surface area contributed by atoms with Gasteiger partial charge in [-0.15, -0.1) is 21.5 Å². The summed E-state index contributed by atoms with van der Waals surface area (Å²) in [5, 5.41) is 14.9. The van der Waals surface area contributed by atoms with Crippen molar-refractivity contribution in [3.05, 3.63) is 98.5 Å². The monoisotopic (exact) mass is 433 g/mol. The molecular formula is C23H20FN5OS. The van der Waals surface area contributed by atoms with E-state index in [1.165, 1.54) is 12.1 Å². The van der Waals surface area contributed by atoms with Gasteiger partial charge in [0.05, 0.1) is 23.5 Å². The van der Waals surface area contributed by atoms with Crippen molar-refractivity contribution < 1.29 is 4.39 Å². The van der Waals surface area contributed by atoms with Crippen molar-refractivity contribution in [3.8, 4) is 0 Å². The quantitative estimate of drug-likeness (QED) is 0.437. The first-order valence-electron chi connectivity index (χ1n) is 10.0. The number of halogens is 1. The van der Waals surface area contributed by atoms with Gasteiger partial charge in [0.2, 0.25) is 5.78 Å². The maximum Gasteiger partial charge on any atom is 0.262 e. The van der Waals surface area contributed by atoms with Gasteiger partial charge in [0.1, 0.15) is 5.82 Å². The fourth-order valence-electron chi connectivity index (χ4n) is 3.90. The number of rotatable bonds is 6. The van der Waals surface area contributed by atoms with E-state index < -0.39 is 0 Å². The highest BCUT2D eigenvalue weighted by Gasteiger charge is 2.19. The van der Waals surface area contributed by atoms with Gasteiger partial charge >= 0.3 is 0 Å². The summed E-state index contributed by atoms with van der Waals surface area (Å²) in [5.41, 5.74) is 1.68. The molecule has 8 heteroatoms. The number of nitrogens with zero attached hydrogens (tertiary/aromatic N) is 4. The molecule has 1 N–H and O–H groups in total. The average molecular weight is 434 g/mol. The van der Waals surface area contributed by atoms with Crippen molar-refractivity contribution in [2.24, 2.45) is 0 Å². The van der Waals surface area contributed by atoms with Crippen LogP contribution >= 0.6 is 11.3 Å². The molecule has 5 aromatic rings. The molecule has 1 unspecified atom stereocenters. The number of para-hydroxylation sites is 1. The number of thiophene rings is 1. The zero-order valence-electron chi connectivity index (χ0n) is 16.8. The molecule has 0 bridgehead atoms. The van der Waals surface area contributed by atoms with E-state index in [0.717, 1.165) is 16.0 Å². The summed E-state index contributed by atoms with van der Waals surface area (Å²) in [6.45, 7) is 2.85. The predicted molar refractivity (Wildman–Crippen MR) is 120 cm³/mol. The van der Waals surface area contributed by atoms with Gasteiger partial charge in [0, 0.05) is 11.4 Å². The van der Waals surface area contributed by atoms with Gasteiger partial charge in [0.25, 0.3) is 5.56 Å². The maximum atomic E-state index is 13.5. The molecule has 2 aromatic carbocycles. The second-order valence-corrected chi connectivity index (χ2v) is 8.18. The summed E-state index contributed by atoms with van der Waals surface area (Å²) < 4.78 is 17.0. The van der Waals surface area contributed by atoms with Crippen LogP contribution in [0.3, 0.4) is 0 Å². The zero-order chi connectivity index (χ0) is 21.4. The second kappa shape index (κ2) is 8.05. The van der Waals surface area contributed by atoms with Crippen LogP contribution in [0.15, 0.2) is 70.8 Å². The molecule has 0 fully saturated rings. The fraction of sp³-hybridized carbons (Fsp3) is 0.174. The number of aromatic nitrogens is 4. The van der Waals surface area contributed by atoms with Crippen molar-refractivity contribution in [2.45, 2.75) is 26.1 Å². The van der Waals surface area contributed by atoms with Crippen LogP contribution in [0.4, 0.5) is 4.39 Å². The van der Waals surface area contributed by atoms with Crippen LogP contribution in [-0.2, 0) is 13.1 Å². The molecule has 0 amide bonds. The third kappa shape index (κ3) is 3.43. The average Bonchev–Trinajstić information content (AvgIpc) is 3.46. The Hall–Kier alpha value is -3.36. The molecular weight excluding hydrogens is 413 g/mol. The van der Waals surface area contributed by atoms with Crippen molar-refractivity contribution in [3.63, 3.8) is 0 Å². The summed E-state index contributed by atoms with van der Waals surface area (Å²) in [6, 6.07) is 18.0. The Balaban J connectivity index is 1.58. The van der Waals surface area contributed by atoms with Gasteiger partial charge in [-0.1, -0.05) is 30.3 Å². The summed E-state index contributed by atoms with van der Waals surface area (Å²) in [4.78, 5) is 14.0. The Kier molecular flexibility index (Phi) is 5.09. The second-order valence-electron chi connectivity index (χ2n) is 7.20. The SMILES string of the molecule is CCn1c(=O)c2ccccc2n2c(CNC(c3ccc(F)cc3)c3cccs3)nnc12. The van der Waals surface area contributed by atoms with Crippen LogP contribution < -0.4 is 10.9 Å². The molecule has 5 rings (SSSR count). The number of benzene rings is 2. The number of hydrogen-bond donors (Lipinski definition) is 1. The lowest BCUT2D eigenvalue weighted by Crippen LogP contribution is -2.25. The first-order chi connectivity index (χ1) is 15.2. The van der Waals surface area contributed by atoms with Crippen LogP contribution in [0, 0.1) is 5.82 Å². The van der Waals surface area contributed by atoms with E-state index in [-0.39, 0.29) is 17.4 Å². The molecule has 0 aliphatic heterocycles. The van der Waals surface area contributed by atoms with Crippen LogP contribution in [0.1, 0.15) is 29.2 Å². The number of fused-ring (bicyclic) bond motifs is 3. The molecule has 31 heavy (non-hydrogen) atoms. The van der Waals surface area contributed by atoms with E-state index in [1.807, 2.05) is 47.0 Å². The van der Waals surface area contributed by atoms with E-state index in [1.54, 1.807) is 28.0 Å². The van der Waals surface area contributed by atoms with Gasteiger partial charge in [-0.2, -0.15) is 0 Å². The third-order valence-corrected chi connectivity index (χ3v) is 6.32. The zero-order valence-corrected chi connectivity index (χ0v) is 17.6. The molecule has 156 valence electrons. The Morgan fingerprint density at radius 1 is 1.06 bits per heavy atom. The summed E-state index contributed by atoms with van der Waals surface area (Å²) >= 11 is 1.64. The van der Waals surface area contributed by atoms with Gasteiger partial charge in [0.15, 0.2) is 5.82 Å². The molecule has 0 aliphatic rings. The van der Waals surface area contributed by atoms with Crippen LogP contribution in [0.2, 0.25) is 0 Å². The molecule has 3 aromatic heterocycles. The minimum atomic E-state index is -0.263. The van der Waals surface area contributed by atoms with Gasteiger partial charge in [-0.05, 0) is 48.2 Å². The van der Waals surface area contributed by atoms with Crippen molar-refractivity contribution >= 4 is 28.0 Å². The Morgan fingerprint density at radius 3 is 2.61 bits per heavy atom. The Bertz CT molecular complexity index is 1410. The third-order valence-electron chi connectivity index (χ3n) is 5.39. The van der Waals surface area contributed by atoms with Crippen molar-refractivity contribution in [2.75, 3.05) is 0 Å². The molecule has 0 radical (unpaired) electrons. The van der Waals surface area contributed by atoms with E-state index >= 15 is 0 Å². The highest BCUT2D eigenvalue weighted by Crippen LogP contribution is 2.27. The van der Waals surface area contributed by atoms with E-state index in [0.29, 0.717) is 30.1 Å². The normalized spacial score (nSPS) is 12.6. The molecule has 3 heterocycles.